The summed E-state index contributed by atoms with van der Waals surface area (Å²) in [4.78, 5) is 21.9. The fourth-order valence-corrected chi connectivity index (χ4v) is 5.25. The third kappa shape index (κ3) is 4.09. The second-order valence-electron chi connectivity index (χ2n) is 8.73. The number of hydrogen-bond donors (Lipinski definition) is 3. The van der Waals surface area contributed by atoms with E-state index in [4.69, 9.17) is 34.2 Å². The Hall–Kier alpha value is -2.97. The van der Waals surface area contributed by atoms with E-state index in [0.29, 0.717) is 33.6 Å². The van der Waals surface area contributed by atoms with E-state index in [1.54, 1.807) is 18.0 Å². The number of likely N-dealkylation sites (tertiary alicyclic amines) is 1. The number of benzene rings is 2. The van der Waals surface area contributed by atoms with Crippen LogP contribution >= 0.6 is 23.8 Å². The summed E-state index contributed by atoms with van der Waals surface area (Å²) in [5, 5.41) is 15.4. The van der Waals surface area contributed by atoms with Gasteiger partial charge in [-0.1, -0.05) is 41.9 Å². The second kappa shape index (κ2) is 8.43. The molecule has 9 heteroatoms. The summed E-state index contributed by atoms with van der Waals surface area (Å²) in [6.45, 7) is 2.56. The van der Waals surface area contributed by atoms with E-state index in [0.717, 1.165) is 29.8 Å². The predicted octanol–water partition coefficient (Wildman–Crippen LogP) is 3.01. The summed E-state index contributed by atoms with van der Waals surface area (Å²) in [6.07, 6.45) is 0.182. The fourth-order valence-electron chi connectivity index (χ4n) is 4.81. The van der Waals surface area contributed by atoms with Crippen molar-refractivity contribution in [3.8, 4) is 0 Å². The molecule has 1 amide bonds. The molecule has 1 saturated heterocycles. The molecular weight excluding hydrogens is 456 g/mol. The first-order valence-corrected chi connectivity index (χ1v) is 11.7. The van der Waals surface area contributed by atoms with Crippen LogP contribution in [0.2, 0.25) is 5.02 Å². The number of amides is 1. The van der Waals surface area contributed by atoms with Gasteiger partial charge < -0.3 is 20.4 Å². The van der Waals surface area contributed by atoms with Crippen LogP contribution in [0.5, 0.6) is 0 Å². The van der Waals surface area contributed by atoms with Crippen molar-refractivity contribution in [3.05, 3.63) is 64.7 Å². The number of rotatable bonds is 3. The van der Waals surface area contributed by atoms with Gasteiger partial charge in [0.25, 0.3) is 5.91 Å². The van der Waals surface area contributed by atoms with Gasteiger partial charge in [-0.3, -0.25) is 10.2 Å². The lowest BCUT2D eigenvalue weighted by Gasteiger charge is -2.25. The number of amidine groups is 1. The van der Waals surface area contributed by atoms with Crippen LogP contribution in [0, 0.1) is 11.3 Å². The van der Waals surface area contributed by atoms with E-state index in [9.17, 15) is 4.79 Å². The average Bonchev–Trinajstić information content (AvgIpc) is 3.52. The van der Waals surface area contributed by atoms with Crippen LogP contribution in [0.15, 0.2) is 53.5 Å². The number of nitrogens with zero attached hydrogens (tertiary/aromatic N) is 3. The first-order valence-electron chi connectivity index (χ1n) is 10.9. The molecule has 3 N–H and O–H groups in total. The van der Waals surface area contributed by atoms with Gasteiger partial charge in [0.1, 0.15) is 0 Å². The highest BCUT2D eigenvalue weighted by Crippen LogP contribution is 2.44. The summed E-state index contributed by atoms with van der Waals surface area (Å²) in [6, 6.07) is 15.8. The molecule has 0 aromatic heterocycles. The van der Waals surface area contributed by atoms with Crippen LogP contribution in [0.4, 0.5) is 5.69 Å². The van der Waals surface area contributed by atoms with Gasteiger partial charge in [0.05, 0.1) is 23.3 Å². The maximum atomic E-state index is 13.4. The third-order valence-corrected chi connectivity index (χ3v) is 7.05. The van der Waals surface area contributed by atoms with E-state index in [-0.39, 0.29) is 11.9 Å². The molecule has 0 radical (unpaired) electrons. The van der Waals surface area contributed by atoms with Gasteiger partial charge in [-0.15, -0.1) is 0 Å². The van der Waals surface area contributed by atoms with Gasteiger partial charge in [0.15, 0.2) is 5.11 Å². The minimum absolute atomic E-state index is 0.155. The van der Waals surface area contributed by atoms with Crippen LogP contribution in [0.3, 0.4) is 0 Å². The van der Waals surface area contributed by atoms with Crippen molar-refractivity contribution < 1.29 is 4.79 Å². The van der Waals surface area contributed by atoms with Crippen molar-refractivity contribution in [2.45, 2.75) is 31.6 Å². The highest BCUT2D eigenvalue weighted by molar-refractivity contribution is 7.80. The molecule has 3 unspecified atom stereocenters. The molecule has 2 aromatic carbocycles. The van der Waals surface area contributed by atoms with E-state index < -0.39 is 6.17 Å². The number of hydrogen-bond acceptors (Lipinski definition) is 4. The lowest BCUT2D eigenvalue weighted by Crippen LogP contribution is -2.52. The monoisotopic (exact) mass is 480 g/mol. The normalized spacial score (nSPS) is 25.5. The largest absolute Gasteiger partial charge is 0.358 e. The standard InChI is InChI=1S/C24H25ClN6OS/c1-13(26)31-12-18(16-11-20(16)31)27-24(33)29-22-23(32)30(2)19-9-8-15(25)10-17(19)21(28-22)14-6-4-3-5-7-14/h3-10,16,18,20,22,26H,11-12H2,1-2H3,(H2,27,29,33)/t16?,18-,20?,22?/m1/s1. The van der Waals surface area contributed by atoms with E-state index >= 15 is 0 Å². The topological polar surface area (TPSA) is 83.8 Å². The van der Waals surface area contributed by atoms with Gasteiger partial charge in [0.2, 0.25) is 6.17 Å². The highest BCUT2D eigenvalue weighted by Gasteiger charge is 2.53. The van der Waals surface area contributed by atoms with Gasteiger partial charge in [-0.25, -0.2) is 4.99 Å². The molecule has 0 spiro atoms. The van der Waals surface area contributed by atoms with Gasteiger partial charge >= 0.3 is 0 Å². The number of halogens is 1. The number of aliphatic imine (C=N–C) groups is 1. The van der Waals surface area contributed by atoms with Crippen LogP contribution in [-0.4, -0.2) is 59.3 Å². The SMILES string of the molecule is CC(=N)N1C[C@@H](NC(=S)NC2N=C(c3ccccc3)c3cc(Cl)ccc3N(C)C2=O)C2CC21. The number of likely N-dealkylation sites (N-methyl/N-ethyl adjacent to an activating group) is 1. The number of carbonyl (C=O) groups excluding carboxylic acids is 1. The molecule has 4 atom stereocenters. The number of nitrogens with one attached hydrogen (secondary N) is 3. The Morgan fingerprint density at radius 1 is 1.21 bits per heavy atom. The Bertz CT molecular complexity index is 1170. The molecule has 33 heavy (non-hydrogen) atoms. The van der Waals surface area contributed by atoms with Crippen LogP contribution in [0.1, 0.15) is 24.5 Å². The predicted molar refractivity (Wildman–Crippen MR) is 135 cm³/mol. The zero-order valence-corrected chi connectivity index (χ0v) is 20.0. The Morgan fingerprint density at radius 3 is 2.67 bits per heavy atom. The number of piperidine rings is 1. The van der Waals surface area contributed by atoms with E-state index in [1.807, 2.05) is 49.4 Å². The Labute approximate surface area is 203 Å². The number of benzodiazepines with no additional fused rings is 1. The average molecular weight is 481 g/mol. The Balaban J connectivity index is 1.42. The molecule has 3 aliphatic rings. The molecule has 2 aromatic rings. The molecule has 170 valence electrons. The highest BCUT2D eigenvalue weighted by atomic mass is 35.5. The van der Waals surface area contributed by atoms with Crippen LogP contribution < -0.4 is 15.5 Å². The van der Waals surface area contributed by atoms with Crippen molar-refractivity contribution in [1.82, 2.24) is 15.5 Å². The first kappa shape index (κ1) is 21.9. The van der Waals surface area contributed by atoms with Crippen molar-refractivity contribution in [2.24, 2.45) is 10.9 Å². The van der Waals surface area contributed by atoms with Gasteiger partial charge in [0, 0.05) is 41.7 Å². The van der Waals surface area contributed by atoms with Crippen LogP contribution in [0.25, 0.3) is 0 Å². The lowest BCUT2D eigenvalue weighted by molar-refractivity contribution is -0.119. The molecule has 1 aliphatic carbocycles. The maximum Gasteiger partial charge on any atom is 0.272 e. The Kier molecular flexibility index (Phi) is 5.58. The maximum absolute atomic E-state index is 13.4. The second-order valence-corrected chi connectivity index (χ2v) is 9.58. The minimum Gasteiger partial charge on any atom is -0.358 e. The van der Waals surface area contributed by atoms with E-state index in [2.05, 4.69) is 15.5 Å². The summed E-state index contributed by atoms with van der Waals surface area (Å²) < 4.78 is 0. The molecular formula is C24H25ClN6OS. The van der Waals surface area contributed by atoms with Crippen molar-refractivity contribution in [3.63, 3.8) is 0 Å². The van der Waals surface area contributed by atoms with Gasteiger partial charge in [-0.05, 0) is 43.8 Å². The summed E-state index contributed by atoms with van der Waals surface area (Å²) in [5.74, 6) is 0.855. The van der Waals surface area contributed by atoms with Crippen molar-refractivity contribution in [2.75, 3.05) is 18.5 Å². The number of anilines is 1. The molecule has 0 bridgehead atoms. The molecule has 2 fully saturated rings. The number of carbonyl (C=O) groups is 1. The van der Waals surface area contributed by atoms with E-state index in [1.165, 1.54) is 0 Å². The molecule has 2 aliphatic heterocycles. The molecule has 7 nitrogen and oxygen atoms in total. The molecule has 1 saturated carbocycles. The quantitative estimate of drug-likeness (QED) is 0.357. The Morgan fingerprint density at radius 2 is 1.97 bits per heavy atom. The molecule has 2 heterocycles. The summed E-state index contributed by atoms with van der Waals surface area (Å²) >= 11 is 11.9. The summed E-state index contributed by atoms with van der Waals surface area (Å²) in [7, 11) is 1.74. The van der Waals surface area contributed by atoms with Crippen LogP contribution in [-0.2, 0) is 4.79 Å². The smallest absolute Gasteiger partial charge is 0.272 e. The number of fused-ring (bicyclic) bond motifs is 2. The zero-order valence-electron chi connectivity index (χ0n) is 18.4. The lowest BCUT2D eigenvalue weighted by atomic mass is 10.0. The van der Waals surface area contributed by atoms with Crippen molar-refractivity contribution in [1.29, 1.82) is 5.41 Å². The molecule has 5 rings (SSSR count). The van der Waals surface area contributed by atoms with Gasteiger partial charge in [-0.2, -0.15) is 0 Å². The summed E-state index contributed by atoms with van der Waals surface area (Å²) in [5.41, 5.74) is 3.11. The number of thiocarbonyl (C=S) groups is 1. The first-order chi connectivity index (χ1) is 15.8. The van der Waals surface area contributed by atoms with Crippen molar-refractivity contribution >= 4 is 52.1 Å². The minimum atomic E-state index is -0.881. The zero-order chi connectivity index (χ0) is 23.3. The third-order valence-electron chi connectivity index (χ3n) is 6.58. The fraction of sp³-hybridized carbons (Fsp3) is 0.333.